The lowest BCUT2D eigenvalue weighted by Gasteiger charge is -2.36. The molecule has 1 aliphatic rings. The van der Waals surface area contributed by atoms with Crippen molar-refractivity contribution in [3.05, 3.63) is 23.8 Å². The number of halogens is 7. The van der Waals surface area contributed by atoms with E-state index in [1.165, 1.54) is 13.2 Å². The highest BCUT2D eigenvalue weighted by Crippen LogP contribution is 2.38. The topological polar surface area (TPSA) is 33.7 Å². The van der Waals surface area contributed by atoms with Crippen molar-refractivity contribution >= 4 is 12.4 Å². The van der Waals surface area contributed by atoms with Gasteiger partial charge in [-0.25, -0.2) is 0 Å². The lowest BCUT2D eigenvalue weighted by Crippen LogP contribution is -2.45. The summed E-state index contributed by atoms with van der Waals surface area (Å²) < 4.78 is 84.3. The van der Waals surface area contributed by atoms with Crippen LogP contribution >= 0.6 is 12.4 Å². The van der Waals surface area contributed by atoms with E-state index in [-0.39, 0.29) is 24.6 Å². The molecule has 1 aliphatic heterocycles. The Bertz CT molecular complexity index is 591. The predicted octanol–water partition coefficient (Wildman–Crippen LogP) is 4.30. The van der Waals surface area contributed by atoms with Crippen molar-refractivity contribution in [1.82, 2.24) is 10.2 Å². The molecule has 1 fully saturated rings. The maximum Gasteiger partial charge on any atom is 0.573 e. The normalized spacial score (nSPS) is 17.1. The van der Waals surface area contributed by atoms with Gasteiger partial charge in [0, 0.05) is 50.3 Å². The van der Waals surface area contributed by atoms with Crippen LogP contribution in [-0.4, -0.2) is 50.7 Å². The van der Waals surface area contributed by atoms with E-state index >= 15 is 0 Å². The number of ether oxygens (including phenoxy) is 2. The quantitative estimate of drug-likeness (QED) is 0.693. The van der Waals surface area contributed by atoms with Gasteiger partial charge in [0.05, 0.1) is 7.11 Å². The van der Waals surface area contributed by atoms with E-state index in [2.05, 4.69) is 10.1 Å². The number of hydrogen-bond acceptors (Lipinski definition) is 4. The van der Waals surface area contributed by atoms with Crippen LogP contribution < -0.4 is 14.8 Å². The maximum atomic E-state index is 12.7. The summed E-state index contributed by atoms with van der Waals surface area (Å²) >= 11 is 0. The molecule has 1 atom stereocenters. The zero-order valence-electron chi connectivity index (χ0n) is 14.5. The fourth-order valence-electron chi connectivity index (χ4n) is 2.99. The van der Waals surface area contributed by atoms with E-state index in [9.17, 15) is 26.3 Å². The molecule has 0 spiro atoms. The van der Waals surface area contributed by atoms with E-state index in [0.717, 1.165) is 12.1 Å². The zero-order chi connectivity index (χ0) is 19.4. The van der Waals surface area contributed by atoms with Crippen LogP contribution in [0.3, 0.4) is 0 Å². The number of nitrogens with one attached hydrogen (secondary N) is 1. The Kier molecular flexibility index (Phi) is 8.49. The molecule has 1 N–H and O–H groups in total. The molecule has 1 saturated heterocycles. The SMILES string of the molecule is COc1cc(OC(F)(F)F)ccc1[C@@H](CCC(F)(F)F)N1CCNCC1.Cl. The van der Waals surface area contributed by atoms with E-state index in [1.54, 1.807) is 0 Å². The molecular formula is C16H21ClF6N2O2. The van der Waals surface area contributed by atoms with Crippen molar-refractivity contribution in [2.75, 3.05) is 33.3 Å². The summed E-state index contributed by atoms with van der Waals surface area (Å²) in [7, 11) is 1.26. The third kappa shape index (κ3) is 7.63. The second-order valence-electron chi connectivity index (χ2n) is 5.91. The van der Waals surface area contributed by atoms with Crippen LogP contribution in [0.5, 0.6) is 11.5 Å². The van der Waals surface area contributed by atoms with Gasteiger partial charge in [0.25, 0.3) is 0 Å². The fourth-order valence-corrected chi connectivity index (χ4v) is 2.99. The predicted molar refractivity (Wildman–Crippen MR) is 89.4 cm³/mol. The monoisotopic (exact) mass is 422 g/mol. The Morgan fingerprint density at radius 1 is 1.11 bits per heavy atom. The molecule has 4 nitrogen and oxygen atoms in total. The van der Waals surface area contributed by atoms with Gasteiger partial charge in [-0.3, -0.25) is 4.90 Å². The van der Waals surface area contributed by atoms with Gasteiger partial charge < -0.3 is 14.8 Å². The largest absolute Gasteiger partial charge is 0.573 e. The number of methoxy groups -OCH3 is 1. The third-order valence-electron chi connectivity index (χ3n) is 4.09. The average Bonchev–Trinajstić information content (AvgIpc) is 2.54. The van der Waals surface area contributed by atoms with E-state index in [4.69, 9.17) is 4.74 Å². The van der Waals surface area contributed by atoms with Crippen LogP contribution in [0, 0.1) is 0 Å². The van der Waals surface area contributed by atoms with Gasteiger partial charge in [0.1, 0.15) is 11.5 Å². The Morgan fingerprint density at radius 3 is 2.26 bits per heavy atom. The van der Waals surface area contributed by atoms with Crippen LogP contribution in [0.2, 0.25) is 0 Å². The fraction of sp³-hybridized carbons (Fsp3) is 0.625. The van der Waals surface area contributed by atoms with Gasteiger partial charge in [0.2, 0.25) is 0 Å². The third-order valence-corrected chi connectivity index (χ3v) is 4.09. The van der Waals surface area contributed by atoms with Gasteiger partial charge in [0.15, 0.2) is 0 Å². The molecule has 1 aromatic rings. The summed E-state index contributed by atoms with van der Waals surface area (Å²) in [6, 6.07) is 2.86. The second-order valence-corrected chi connectivity index (χ2v) is 5.91. The molecule has 0 aliphatic carbocycles. The number of rotatable bonds is 6. The van der Waals surface area contributed by atoms with E-state index in [0.29, 0.717) is 31.7 Å². The minimum atomic E-state index is -4.86. The van der Waals surface area contributed by atoms with Crippen LogP contribution in [0.15, 0.2) is 18.2 Å². The second kappa shape index (κ2) is 9.70. The van der Waals surface area contributed by atoms with Crippen molar-refractivity contribution in [1.29, 1.82) is 0 Å². The molecule has 0 unspecified atom stereocenters. The average molecular weight is 423 g/mol. The molecule has 1 aromatic carbocycles. The molecule has 0 amide bonds. The van der Waals surface area contributed by atoms with Crippen LogP contribution in [0.1, 0.15) is 24.4 Å². The Labute approximate surface area is 159 Å². The molecule has 0 bridgehead atoms. The summed E-state index contributed by atoms with van der Waals surface area (Å²) in [5.74, 6) is -0.412. The molecule has 156 valence electrons. The van der Waals surface area contributed by atoms with Crippen molar-refractivity contribution in [2.24, 2.45) is 0 Å². The first kappa shape index (κ1) is 23.6. The molecule has 1 heterocycles. The molecule has 0 radical (unpaired) electrons. The summed E-state index contributed by atoms with van der Waals surface area (Å²) in [5.41, 5.74) is 0.410. The number of alkyl halides is 6. The standard InChI is InChI=1S/C16H20F6N2O2.ClH/c1-25-14-10-11(26-16(20,21)22)2-3-12(14)13(4-5-15(17,18)19)24-8-6-23-7-9-24;/h2-3,10,13,23H,4-9H2,1H3;1H/t13-;/m1./s1. The highest BCUT2D eigenvalue weighted by atomic mass is 35.5. The number of piperazine rings is 1. The van der Waals surface area contributed by atoms with Crippen molar-refractivity contribution < 1.29 is 35.8 Å². The summed E-state index contributed by atoms with van der Waals surface area (Å²) in [4.78, 5) is 1.88. The first-order valence-electron chi connectivity index (χ1n) is 8.04. The number of benzene rings is 1. The smallest absolute Gasteiger partial charge is 0.496 e. The number of hydrogen-bond donors (Lipinski definition) is 1. The number of nitrogens with zero attached hydrogens (tertiary/aromatic N) is 1. The van der Waals surface area contributed by atoms with Gasteiger partial charge >= 0.3 is 12.5 Å². The Hall–Kier alpha value is -1.39. The van der Waals surface area contributed by atoms with Gasteiger partial charge in [-0.05, 0) is 12.5 Å². The van der Waals surface area contributed by atoms with Crippen molar-refractivity contribution in [3.63, 3.8) is 0 Å². The van der Waals surface area contributed by atoms with Crippen LogP contribution in [0.4, 0.5) is 26.3 Å². The molecular weight excluding hydrogens is 402 g/mol. The van der Waals surface area contributed by atoms with Gasteiger partial charge in [-0.2, -0.15) is 13.2 Å². The maximum absolute atomic E-state index is 12.7. The minimum Gasteiger partial charge on any atom is -0.496 e. The van der Waals surface area contributed by atoms with Crippen LogP contribution in [-0.2, 0) is 0 Å². The Balaban J connectivity index is 0.00000364. The van der Waals surface area contributed by atoms with E-state index < -0.39 is 30.8 Å². The summed E-state index contributed by atoms with van der Waals surface area (Å²) in [5, 5.41) is 3.12. The first-order valence-corrected chi connectivity index (χ1v) is 8.04. The summed E-state index contributed by atoms with van der Waals surface area (Å²) in [6.07, 6.45) is -10.4. The van der Waals surface area contributed by atoms with Crippen molar-refractivity contribution in [2.45, 2.75) is 31.4 Å². The van der Waals surface area contributed by atoms with Crippen molar-refractivity contribution in [3.8, 4) is 11.5 Å². The van der Waals surface area contributed by atoms with Crippen LogP contribution in [0.25, 0.3) is 0 Å². The van der Waals surface area contributed by atoms with Gasteiger partial charge in [-0.15, -0.1) is 25.6 Å². The highest BCUT2D eigenvalue weighted by Gasteiger charge is 2.34. The molecule has 2 rings (SSSR count). The summed E-state index contributed by atoms with van der Waals surface area (Å²) in [6.45, 7) is 2.32. The Morgan fingerprint density at radius 2 is 1.74 bits per heavy atom. The molecule has 0 saturated carbocycles. The van der Waals surface area contributed by atoms with Gasteiger partial charge in [-0.1, -0.05) is 6.07 Å². The zero-order valence-corrected chi connectivity index (χ0v) is 15.3. The minimum absolute atomic E-state index is 0. The lowest BCUT2D eigenvalue weighted by atomic mass is 9.98. The first-order chi connectivity index (χ1) is 12.1. The molecule has 11 heteroatoms. The lowest BCUT2D eigenvalue weighted by molar-refractivity contribution is -0.274. The van der Waals surface area contributed by atoms with E-state index in [1.807, 2.05) is 4.90 Å². The molecule has 27 heavy (non-hydrogen) atoms. The highest BCUT2D eigenvalue weighted by molar-refractivity contribution is 5.85. The molecule has 0 aromatic heterocycles.